The summed E-state index contributed by atoms with van der Waals surface area (Å²) in [6.07, 6.45) is 2.24. The minimum Gasteiger partial charge on any atom is -0.370 e. The first-order valence-corrected chi connectivity index (χ1v) is 9.49. The van der Waals surface area contributed by atoms with Gasteiger partial charge >= 0.3 is 0 Å². The molecule has 27 heavy (non-hydrogen) atoms. The molecule has 1 heterocycles. The van der Waals surface area contributed by atoms with Crippen LogP contribution in [0.2, 0.25) is 0 Å². The Morgan fingerprint density at radius 2 is 1.81 bits per heavy atom. The van der Waals surface area contributed by atoms with E-state index in [4.69, 9.17) is 5.73 Å². The van der Waals surface area contributed by atoms with Crippen LogP contribution in [-0.4, -0.2) is 35.8 Å². The molecule has 0 unspecified atom stereocenters. The molecule has 0 aromatic heterocycles. The van der Waals surface area contributed by atoms with Crippen LogP contribution in [0.5, 0.6) is 0 Å². The lowest BCUT2D eigenvalue weighted by Crippen LogP contribution is -2.46. The molecule has 3 rings (SSSR count). The van der Waals surface area contributed by atoms with E-state index < -0.39 is 5.91 Å². The maximum Gasteiger partial charge on any atom is 0.242 e. The molecule has 0 aliphatic carbocycles. The molecule has 2 amide bonds. The van der Waals surface area contributed by atoms with Crippen molar-refractivity contribution in [3.63, 3.8) is 0 Å². The van der Waals surface area contributed by atoms with E-state index in [0.717, 1.165) is 24.1 Å². The summed E-state index contributed by atoms with van der Waals surface area (Å²) in [5.74, 6) is -0.374. The van der Waals surface area contributed by atoms with Crippen molar-refractivity contribution in [1.82, 2.24) is 4.90 Å². The Bertz CT molecular complexity index is 791. The molecular formula is C22H27N3O2. The zero-order valence-corrected chi connectivity index (χ0v) is 15.8. The summed E-state index contributed by atoms with van der Waals surface area (Å²) in [6.45, 7) is 3.29. The third-order valence-corrected chi connectivity index (χ3v) is 5.17. The monoisotopic (exact) mass is 365 g/mol. The molecule has 0 radical (unpaired) electrons. The zero-order chi connectivity index (χ0) is 19.2. The lowest BCUT2D eigenvalue weighted by molar-refractivity contribution is -0.131. The predicted molar refractivity (Wildman–Crippen MR) is 107 cm³/mol. The number of amides is 2. The van der Waals surface area contributed by atoms with Gasteiger partial charge in [0.2, 0.25) is 11.8 Å². The third kappa shape index (κ3) is 4.88. The second-order valence-corrected chi connectivity index (χ2v) is 7.16. The average Bonchev–Trinajstić information content (AvgIpc) is 2.68. The lowest BCUT2D eigenvalue weighted by atomic mass is 9.96. The van der Waals surface area contributed by atoms with Gasteiger partial charge in [0.05, 0.1) is 6.54 Å². The van der Waals surface area contributed by atoms with Gasteiger partial charge in [-0.3, -0.25) is 9.59 Å². The van der Waals surface area contributed by atoms with Crippen LogP contribution in [0.4, 0.5) is 5.69 Å². The molecule has 5 nitrogen and oxygen atoms in total. The molecule has 0 saturated heterocycles. The minimum atomic E-state index is -0.391. The van der Waals surface area contributed by atoms with Crippen molar-refractivity contribution in [3.8, 4) is 0 Å². The quantitative estimate of drug-likeness (QED) is 0.820. The summed E-state index contributed by atoms with van der Waals surface area (Å²) in [4.78, 5) is 28.3. The van der Waals surface area contributed by atoms with E-state index in [1.165, 1.54) is 5.56 Å². The van der Waals surface area contributed by atoms with Gasteiger partial charge in [0.25, 0.3) is 0 Å². The highest BCUT2D eigenvalue weighted by molar-refractivity contribution is 5.83. The zero-order valence-electron chi connectivity index (χ0n) is 15.8. The number of anilines is 1. The maximum atomic E-state index is 13.1. The average molecular weight is 365 g/mol. The highest BCUT2D eigenvalue weighted by Crippen LogP contribution is 2.30. The fourth-order valence-electron chi connectivity index (χ4n) is 3.59. The largest absolute Gasteiger partial charge is 0.370 e. The second kappa shape index (κ2) is 8.71. The fourth-order valence-corrected chi connectivity index (χ4v) is 3.59. The Kier molecular flexibility index (Phi) is 6.12. The molecule has 2 aromatic carbocycles. The first-order valence-electron chi connectivity index (χ1n) is 9.49. The SMILES string of the molecule is C[C@H]1CCc2ccccc2N1CC(=O)N(CCC(N)=O)Cc1ccccc1. The number of carbonyl (C=O) groups is 2. The smallest absolute Gasteiger partial charge is 0.242 e. The second-order valence-electron chi connectivity index (χ2n) is 7.16. The van der Waals surface area contributed by atoms with Crippen LogP contribution >= 0.6 is 0 Å². The standard InChI is InChI=1S/C22H27N3O2/c1-17-11-12-19-9-5-6-10-20(19)25(17)16-22(27)24(14-13-21(23)26)15-18-7-3-2-4-8-18/h2-10,17H,11-16H2,1H3,(H2,23,26)/t17-/m0/s1. The van der Waals surface area contributed by atoms with Crippen LogP contribution in [0.15, 0.2) is 54.6 Å². The molecule has 142 valence electrons. The summed E-state index contributed by atoms with van der Waals surface area (Å²) >= 11 is 0. The lowest BCUT2D eigenvalue weighted by Gasteiger charge is -2.38. The Hall–Kier alpha value is -2.82. The van der Waals surface area contributed by atoms with Crippen LogP contribution in [-0.2, 0) is 22.6 Å². The molecule has 0 saturated carbocycles. The number of aryl methyl sites for hydroxylation is 1. The summed E-state index contributed by atoms with van der Waals surface area (Å²) in [5.41, 5.74) is 8.79. The molecule has 0 bridgehead atoms. The molecule has 0 fully saturated rings. The first-order chi connectivity index (χ1) is 13.0. The molecular weight excluding hydrogens is 338 g/mol. The van der Waals surface area contributed by atoms with Gasteiger partial charge in [0.15, 0.2) is 0 Å². The number of rotatable bonds is 7. The molecule has 5 heteroatoms. The van der Waals surface area contributed by atoms with Crippen LogP contribution in [0, 0.1) is 0 Å². The van der Waals surface area contributed by atoms with Crippen LogP contribution in [0.25, 0.3) is 0 Å². The Morgan fingerprint density at radius 3 is 2.56 bits per heavy atom. The van der Waals surface area contributed by atoms with Gasteiger partial charge in [-0.1, -0.05) is 48.5 Å². The van der Waals surface area contributed by atoms with Crippen molar-refractivity contribution in [2.24, 2.45) is 5.73 Å². The number of fused-ring (bicyclic) bond motifs is 1. The first kappa shape index (κ1) is 19.0. The summed E-state index contributed by atoms with van der Waals surface area (Å²) < 4.78 is 0. The molecule has 0 spiro atoms. The Morgan fingerprint density at radius 1 is 1.11 bits per heavy atom. The molecule has 1 aliphatic rings. The van der Waals surface area contributed by atoms with E-state index in [1.807, 2.05) is 42.5 Å². The van der Waals surface area contributed by atoms with Crippen molar-refractivity contribution >= 4 is 17.5 Å². The summed E-state index contributed by atoms with van der Waals surface area (Å²) in [6, 6.07) is 18.4. The number of primary amides is 1. The number of carbonyl (C=O) groups excluding carboxylic acids is 2. The van der Waals surface area contributed by atoms with E-state index in [2.05, 4.69) is 24.0 Å². The van der Waals surface area contributed by atoms with Crippen molar-refractivity contribution in [2.75, 3.05) is 18.0 Å². The van der Waals surface area contributed by atoms with Gasteiger partial charge < -0.3 is 15.5 Å². The van der Waals surface area contributed by atoms with Crippen molar-refractivity contribution in [1.29, 1.82) is 0 Å². The number of hydrogen-bond acceptors (Lipinski definition) is 3. The van der Waals surface area contributed by atoms with Gasteiger partial charge in [-0.2, -0.15) is 0 Å². The molecule has 2 N–H and O–H groups in total. The fraction of sp³-hybridized carbons (Fsp3) is 0.364. The third-order valence-electron chi connectivity index (χ3n) is 5.17. The summed E-state index contributed by atoms with van der Waals surface area (Å²) in [5, 5.41) is 0. The number of nitrogens with zero attached hydrogens (tertiary/aromatic N) is 2. The van der Waals surface area contributed by atoms with E-state index in [9.17, 15) is 9.59 Å². The van der Waals surface area contributed by atoms with Crippen molar-refractivity contribution in [3.05, 3.63) is 65.7 Å². The molecule has 2 aromatic rings. The van der Waals surface area contributed by atoms with Gasteiger partial charge in [-0.25, -0.2) is 0 Å². The van der Waals surface area contributed by atoms with E-state index in [1.54, 1.807) is 4.90 Å². The van der Waals surface area contributed by atoms with Gasteiger partial charge in [-0.15, -0.1) is 0 Å². The van der Waals surface area contributed by atoms with Crippen LogP contribution in [0.1, 0.15) is 30.9 Å². The number of hydrogen-bond donors (Lipinski definition) is 1. The number of nitrogens with two attached hydrogens (primary N) is 1. The van der Waals surface area contributed by atoms with E-state index in [-0.39, 0.29) is 12.3 Å². The van der Waals surface area contributed by atoms with Crippen LogP contribution in [0.3, 0.4) is 0 Å². The van der Waals surface area contributed by atoms with Crippen molar-refractivity contribution in [2.45, 2.75) is 38.8 Å². The van der Waals surface area contributed by atoms with Gasteiger partial charge in [0, 0.05) is 31.2 Å². The normalized spacial score (nSPS) is 15.9. The molecule has 1 atom stereocenters. The Balaban J connectivity index is 1.76. The highest BCUT2D eigenvalue weighted by Gasteiger charge is 2.26. The maximum absolute atomic E-state index is 13.1. The highest BCUT2D eigenvalue weighted by atomic mass is 16.2. The molecule has 1 aliphatic heterocycles. The van der Waals surface area contributed by atoms with Gasteiger partial charge in [-0.05, 0) is 37.0 Å². The van der Waals surface area contributed by atoms with E-state index >= 15 is 0 Å². The Labute approximate surface area is 160 Å². The topological polar surface area (TPSA) is 66.6 Å². The minimum absolute atomic E-state index is 0.0173. The van der Waals surface area contributed by atoms with Crippen LogP contribution < -0.4 is 10.6 Å². The summed E-state index contributed by atoms with van der Waals surface area (Å²) in [7, 11) is 0. The van der Waals surface area contributed by atoms with Crippen molar-refractivity contribution < 1.29 is 9.59 Å². The predicted octanol–water partition coefficient (Wildman–Crippen LogP) is 2.73. The van der Waals surface area contributed by atoms with Gasteiger partial charge in [0.1, 0.15) is 0 Å². The van der Waals surface area contributed by atoms with E-state index in [0.29, 0.717) is 25.7 Å². The number of benzene rings is 2. The number of para-hydroxylation sites is 1.